The van der Waals surface area contributed by atoms with Crippen molar-refractivity contribution >= 4 is 0 Å². The van der Waals surface area contributed by atoms with Gasteiger partial charge in [-0.05, 0) is 44.5 Å². The Bertz CT molecular complexity index is 896. The van der Waals surface area contributed by atoms with Gasteiger partial charge in [-0.15, -0.1) is 5.10 Å². The summed E-state index contributed by atoms with van der Waals surface area (Å²) in [6.45, 7) is 6.93. The first-order chi connectivity index (χ1) is 13.9. The molecule has 3 aliphatic rings. The minimum atomic E-state index is -1.35. The fraction of sp³-hybridized carbons (Fsp3) is 0.619. The summed E-state index contributed by atoms with van der Waals surface area (Å²) < 4.78 is 25.3. The van der Waals surface area contributed by atoms with Gasteiger partial charge in [0.2, 0.25) is 0 Å². The van der Waals surface area contributed by atoms with Crippen LogP contribution in [0.2, 0.25) is 0 Å². The molecule has 0 amide bonds. The van der Waals surface area contributed by atoms with Crippen LogP contribution in [0.25, 0.3) is 11.3 Å². The Balaban J connectivity index is 1.41. The number of hydrogen-bond donors (Lipinski definition) is 1. The Morgan fingerprint density at radius 3 is 2.76 bits per heavy atom. The van der Waals surface area contributed by atoms with Gasteiger partial charge in [-0.25, -0.2) is 4.68 Å². The molecule has 0 bridgehead atoms. The van der Waals surface area contributed by atoms with E-state index in [9.17, 15) is 5.11 Å². The molecule has 8 heteroatoms. The largest absolute Gasteiger partial charge is 0.494 e. The van der Waals surface area contributed by atoms with Crippen LogP contribution in [0.1, 0.15) is 45.7 Å². The van der Waals surface area contributed by atoms with Gasteiger partial charge in [-0.1, -0.05) is 25.0 Å². The number of fused-ring (bicyclic) bond motifs is 5. The predicted octanol–water partition coefficient (Wildman–Crippen LogP) is 2.59. The maximum Gasteiger partial charge on any atom is 0.191 e. The third-order valence-corrected chi connectivity index (χ3v) is 5.88. The van der Waals surface area contributed by atoms with Crippen LogP contribution in [0.3, 0.4) is 0 Å². The van der Waals surface area contributed by atoms with Crippen LogP contribution < -0.4 is 4.74 Å². The highest BCUT2D eigenvalue weighted by molar-refractivity contribution is 5.64. The lowest BCUT2D eigenvalue weighted by Crippen LogP contribution is -2.44. The number of hydrogen-bond acceptors (Lipinski definition) is 7. The Labute approximate surface area is 169 Å². The molecule has 4 heterocycles. The molecular weight excluding hydrogens is 374 g/mol. The van der Waals surface area contributed by atoms with Crippen LogP contribution in [-0.2, 0) is 26.4 Å². The van der Waals surface area contributed by atoms with Crippen molar-refractivity contribution in [1.29, 1.82) is 0 Å². The monoisotopic (exact) mass is 401 g/mol. The summed E-state index contributed by atoms with van der Waals surface area (Å²) in [5, 5.41) is 20.3. The summed E-state index contributed by atoms with van der Waals surface area (Å²) in [4.78, 5) is 0. The average Bonchev–Trinajstić information content (AvgIpc) is 3.37. The maximum absolute atomic E-state index is 11.7. The van der Waals surface area contributed by atoms with Crippen LogP contribution in [0, 0.1) is 0 Å². The van der Waals surface area contributed by atoms with E-state index < -0.39 is 29.9 Å². The lowest BCUT2D eigenvalue weighted by Gasteiger charge is -2.28. The second-order valence-corrected chi connectivity index (χ2v) is 8.42. The summed E-state index contributed by atoms with van der Waals surface area (Å²) in [6, 6.07) is 7.74. The Morgan fingerprint density at radius 1 is 1.21 bits per heavy atom. The van der Waals surface area contributed by atoms with E-state index in [0.717, 1.165) is 24.2 Å². The van der Waals surface area contributed by atoms with Crippen LogP contribution >= 0.6 is 0 Å². The van der Waals surface area contributed by atoms with Gasteiger partial charge >= 0.3 is 0 Å². The van der Waals surface area contributed by atoms with E-state index in [0.29, 0.717) is 24.5 Å². The predicted molar refractivity (Wildman–Crippen MR) is 103 cm³/mol. The lowest BCUT2D eigenvalue weighted by atomic mass is 9.89. The van der Waals surface area contributed by atoms with E-state index in [1.807, 2.05) is 38.1 Å². The van der Waals surface area contributed by atoms with E-state index >= 15 is 0 Å². The first kappa shape index (κ1) is 19.0. The van der Waals surface area contributed by atoms with Crippen LogP contribution in [0.15, 0.2) is 24.3 Å². The van der Waals surface area contributed by atoms with Crippen molar-refractivity contribution < 1.29 is 24.1 Å². The van der Waals surface area contributed by atoms with Crippen molar-refractivity contribution in [2.24, 2.45) is 0 Å². The van der Waals surface area contributed by atoms with Crippen molar-refractivity contribution in [1.82, 2.24) is 15.0 Å². The van der Waals surface area contributed by atoms with Gasteiger partial charge < -0.3 is 24.1 Å². The highest BCUT2D eigenvalue weighted by Gasteiger charge is 2.68. The van der Waals surface area contributed by atoms with E-state index in [1.54, 1.807) is 4.68 Å². The number of ether oxygens (including phenoxy) is 4. The van der Waals surface area contributed by atoms with Gasteiger partial charge in [0, 0.05) is 5.56 Å². The molecule has 0 unspecified atom stereocenters. The molecule has 8 nitrogen and oxygen atoms in total. The number of aromatic nitrogens is 3. The number of nitrogens with zero attached hydrogens (tertiary/aromatic N) is 3. The summed E-state index contributed by atoms with van der Waals surface area (Å²) >= 11 is 0. The zero-order chi connectivity index (χ0) is 20.2. The SMILES string of the molecule is CCCCCOc1ccc(-c2nnn3c2[C@@]2(O)[C@@H](C3)O[C@@H]3OC(C)(C)O[C@@H]32)cc1. The molecule has 4 atom stereocenters. The van der Waals surface area contributed by atoms with Gasteiger partial charge in [0.1, 0.15) is 29.3 Å². The molecule has 29 heavy (non-hydrogen) atoms. The van der Waals surface area contributed by atoms with Gasteiger partial charge in [-0.2, -0.15) is 0 Å². The molecule has 1 N–H and O–H groups in total. The molecule has 0 radical (unpaired) electrons. The molecule has 1 aromatic heterocycles. The number of benzene rings is 1. The molecule has 5 rings (SSSR count). The van der Waals surface area contributed by atoms with Crippen molar-refractivity contribution in [2.45, 2.75) is 76.5 Å². The molecule has 3 aliphatic heterocycles. The molecule has 0 aliphatic carbocycles. The fourth-order valence-electron chi connectivity index (χ4n) is 4.49. The van der Waals surface area contributed by atoms with Crippen LogP contribution in [0.5, 0.6) is 5.75 Å². The summed E-state index contributed by atoms with van der Waals surface area (Å²) in [5.41, 5.74) is 0.757. The summed E-state index contributed by atoms with van der Waals surface area (Å²) in [7, 11) is 0. The van der Waals surface area contributed by atoms with E-state index in [4.69, 9.17) is 18.9 Å². The van der Waals surface area contributed by atoms with Crippen molar-refractivity contribution in [3.05, 3.63) is 30.0 Å². The minimum absolute atomic E-state index is 0.414. The van der Waals surface area contributed by atoms with Crippen LogP contribution in [-0.4, -0.2) is 51.0 Å². The smallest absolute Gasteiger partial charge is 0.191 e. The average molecular weight is 401 g/mol. The number of aliphatic hydroxyl groups is 1. The second kappa shape index (κ2) is 6.77. The van der Waals surface area contributed by atoms with Gasteiger partial charge in [-0.3, -0.25) is 0 Å². The molecule has 1 aromatic carbocycles. The van der Waals surface area contributed by atoms with Gasteiger partial charge in [0.05, 0.1) is 13.2 Å². The molecular formula is C21H27N3O5. The fourth-order valence-corrected chi connectivity index (χ4v) is 4.49. The molecule has 156 valence electrons. The second-order valence-electron chi connectivity index (χ2n) is 8.42. The lowest BCUT2D eigenvalue weighted by molar-refractivity contribution is -0.228. The zero-order valence-electron chi connectivity index (χ0n) is 17.0. The third kappa shape index (κ3) is 2.97. The third-order valence-electron chi connectivity index (χ3n) is 5.88. The topological polar surface area (TPSA) is 87.9 Å². The number of unbranched alkanes of at least 4 members (excludes halogenated alkanes) is 2. The Morgan fingerprint density at radius 2 is 2.00 bits per heavy atom. The first-order valence-electron chi connectivity index (χ1n) is 10.3. The first-order valence-corrected chi connectivity index (χ1v) is 10.3. The molecule has 2 aromatic rings. The van der Waals surface area contributed by atoms with E-state index in [-0.39, 0.29) is 0 Å². The van der Waals surface area contributed by atoms with E-state index in [1.165, 1.54) is 6.42 Å². The maximum atomic E-state index is 11.7. The molecule has 2 saturated heterocycles. The standard InChI is InChI=1S/C21H27N3O5/c1-4-5-6-11-26-14-9-7-13(8-10-14)16-17-21(25)15(12-24(17)23-22-16)27-19-18(21)28-20(2,3)29-19/h7-10,15,18-19,25H,4-6,11-12H2,1-3H3/t15-,18+,19-,21+/m1/s1. The van der Waals surface area contributed by atoms with Crippen molar-refractivity contribution in [3.8, 4) is 17.0 Å². The van der Waals surface area contributed by atoms with Crippen LogP contribution in [0.4, 0.5) is 0 Å². The quantitative estimate of drug-likeness (QED) is 0.745. The normalized spacial score (nSPS) is 31.5. The highest BCUT2D eigenvalue weighted by Crippen LogP contribution is 2.53. The molecule has 2 fully saturated rings. The number of rotatable bonds is 6. The summed E-state index contributed by atoms with van der Waals surface area (Å²) in [6.07, 6.45) is 1.68. The molecule has 0 spiro atoms. The van der Waals surface area contributed by atoms with Crippen molar-refractivity contribution in [3.63, 3.8) is 0 Å². The Hall–Kier alpha value is -2.00. The molecule has 0 saturated carbocycles. The summed E-state index contributed by atoms with van der Waals surface area (Å²) in [5.74, 6) is 0.0113. The Kier molecular flexibility index (Phi) is 4.43. The van der Waals surface area contributed by atoms with Gasteiger partial charge in [0.15, 0.2) is 17.7 Å². The zero-order valence-corrected chi connectivity index (χ0v) is 17.0. The highest BCUT2D eigenvalue weighted by atomic mass is 16.8. The van der Waals surface area contributed by atoms with Gasteiger partial charge in [0.25, 0.3) is 0 Å². The minimum Gasteiger partial charge on any atom is -0.494 e. The van der Waals surface area contributed by atoms with E-state index in [2.05, 4.69) is 17.2 Å². The van der Waals surface area contributed by atoms with Crippen molar-refractivity contribution in [2.75, 3.05) is 6.61 Å².